The van der Waals surface area contributed by atoms with Crippen LogP contribution >= 0.6 is 0 Å². The molecule has 0 unspecified atom stereocenters. The first-order valence-electron chi connectivity index (χ1n) is 9.91. The maximum absolute atomic E-state index is 10.0. The second-order valence-corrected chi connectivity index (χ2v) is 7.25. The zero-order chi connectivity index (χ0) is 20.1. The highest BCUT2D eigenvalue weighted by Gasteiger charge is 2.40. The third-order valence-electron chi connectivity index (χ3n) is 5.47. The predicted molar refractivity (Wildman–Crippen MR) is 111 cm³/mol. The average Bonchev–Trinajstić information content (AvgIpc) is 3.16. The minimum absolute atomic E-state index is 0.245. The predicted octanol–water partition coefficient (Wildman–Crippen LogP) is 4.12. The van der Waals surface area contributed by atoms with Crippen molar-refractivity contribution in [3.05, 3.63) is 108 Å². The topological polar surface area (TPSA) is 47.9 Å². The normalized spacial score (nSPS) is 21.9. The van der Waals surface area contributed by atoms with Crippen LogP contribution in [0.5, 0.6) is 0 Å². The molecule has 1 heterocycles. The maximum atomic E-state index is 10.0. The van der Waals surface area contributed by atoms with Crippen molar-refractivity contribution in [3.8, 4) is 0 Å². The Morgan fingerprint density at radius 1 is 0.828 bits per heavy atom. The zero-order valence-electron chi connectivity index (χ0n) is 16.5. The van der Waals surface area contributed by atoms with Crippen LogP contribution in [0.25, 0.3) is 0 Å². The van der Waals surface area contributed by atoms with Crippen molar-refractivity contribution in [1.29, 1.82) is 0 Å². The van der Waals surface area contributed by atoms with E-state index >= 15 is 0 Å². The minimum atomic E-state index is -0.923. The number of aliphatic hydroxyl groups is 1. The van der Waals surface area contributed by atoms with Gasteiger partial charge in [-0.15, -0.1) is 0 Å². The lowest BCUT2D eigenvalue weighted by Gasteiger charge is -2.36. The van der Waals surface area contributed by atoms with Gasteiger partial charge in [0.25, 0.3) is 0 Å². The van der Waals surface area contributed by atoms with Crippen LogP contribution in [0, 0.1) is 0 Å². The van der Waals surface area contributed by atoms with Gasteiger partial charge >= 0.3 is 0 Å². The van der Waals surface area contributed by atoms with Gasteiger partial charge in [-0.2, -0.15) is 0 Å². The Balaban J connectivity index is 1.76. The van der Waals surface area contributed by atoms with Crippen LogP contribution in [0.1, 0.15) is 23.1 Å². The molecule has 4 heteroatoms. The molecule has 4 nitrogen and oxygen atoms in total. The van der Waals surface area contributed by atoms with Gasteiger partial charge in [-0.1, -0.05) is 91.0 Å². The van der Waals surface area contributed by atoms with Crippen LogP contribution < -0.4 is 0 Å². The number of aliphatic hydroxyl groups excluding tert-OH is 1. The van der Waals surface area contributed by atoms with E-state index in [2.05, 4.69) is 36.4 Å². The van der Waals surface area contributed by atoms with E-state index in [1.807, 2.05) is 54.6 Å². The number of ether oxygens (including phenoxy) is 3. The van der Waals surface area contributed by atoms with Crippen molar-refractivity contribution in [3.63, 3.8) is 0 Å². The Bertz CT molecular complexity index is 786. The molecule has 29 heavy (non-hydrogen) atoms. The summed E-state index contributed by atoms with van der Waals surface area (Å²) in [6.07, 6.45) is -0.909. The van der Waals surface area contributed by atoms with E-state index in [9.17, 15) is 5.11 Å². The molecule has 0 saturated carbocycles. The zero-order valence-corrected chi connectivity index (χ0v) is 16.5. The summed E-state index contributed by atoms with van der Waals surface area (Å²) in [5.74, 6) is 0. The van der Waals surface area contributed by atoms with Gasteiger partial charge in [0.2, 0.25) is 0 Å². The van der Waals surface area contributed by atoms with Gasteiger partial charge in [0.15, 0.2) is 6.29 Å². The first-order valence-corrected chi connectivity index (χ1v) is 9.91. The lowest BCUT2D eigenvalue weighted by Crippen LogP contribution is -2.35. The van der Waals surface area contributed by atoms with Crippen LogP contribution in [-0.2, 0) is 19.8 Å². The molecular formula is C25H26O4. The van der Waals surface area contributed by atoms with Gasteiger partial charge in [-0.3, -0.25) is 0 Å². The molecule has 1 fully saturated rings. The Morgan fingerprint density at radius 2 is 1.28 bits per heavy atom. The second-order valence-electron chi connectivity index (χ2n) is 7.25. The summed E-state index contributed by atoms with van der Waals surface area (Å²) >= 11 is 0. The molecule has 1 aliphatic rings. The van der Waals surface area contributed by atoms with Crippen molar-refractivity contribution in [2.24, 2.45) is 0 Å². The highest BCUT2D eigenvalue weighted by molar-refractivity contribution is 5.47. The second kappa shape index (κ2) is 8.89. The quantitative estimate of drug-likeness (QED) is 0.617. The molecule has 3 atom stereocenters. The molecule has 0 aromatic heterocycles. The smallest absolute Gasteiger partial charge is 0.181 e. The highest BCUT2D eigenvalue weighted by Crippen LogP contribution is 2.41. The van der Waals surface area contributed by atoms with E-state index in [1.165, 1.54) is 0 Å². The van der Waals surface area contributed by atoms with Crippen LogP contribution in [0.2, 0.25) is 0 Å². The number of benzene rings is 3. The fraction of sp³-hybridized carbons (Fsp3) is 0.280. The molecule has 0 amide bonds. The lowest BCUT2D eigenvalue weighted by atomic mass is 9.80. The molecule has 0 bridgehead atoms. The number of hydrogen-bond donors (Lipinski definition) is 1. The molecule has 0 aliphatic carbocycles. The van der Waals surface area contributed by atoms with E-state index in [1.54, 1.807) is 7.11 Å². The summed E-state index contributed by atoms with van der Waals surface area (Å²) in [5, 5.41) is 10.0. The van der Waals surface area contributed by atoms with E-state index in [0.717, 1.165) is 16.7 Å². The average molecular weight is 390 g/mol. The number of rotatable bonds is 7. The summed E-state index contributed by atoms with van der Waals surface area (Å²) in [7, 11) is 1.59. The molecule has 4 rings (SSSR count). The van der Waals surface area contributed by atoms with Gasteiger partial charge in [0, 0.05) is 13.5 Å². The van der Waals surface area contributed by atoms with Crippen LogP contribution in [0.4, 0.5) is 0 Å². The fourth-order valence-corrected chi connectivity index (χ4v) is 4.02. The molecule has 0 radical (unpaired) electrons. The van der Waals surface area contributed by atoms with Gasteiger partial charge in [0.1, 0.15) is 11.7 Å². The third-order valence-corrected chi connectivity index (χ3v) is 5.47. The Kier molecular flexibility index (Phi) is 6.07. The van der Waals surface area contributed by atoms with Crippen LogP contribution in [0.3, 0.4) is 0 Å². The van der Waals surface area contributed by atoms with Crippen LogP contribution in [0.15, 0.2) is 91.0 Å². The highest BCUT2D eigenvalue weighted by atomic mass is 16.7. The number of hydrogen-bond acceptors (Lipinski definition) is 4. The largest absolute Gasteiger partial charge is 0.376 e. The van der Waals surface area contributed by atoms with E-state index in [4.69, 9.17) is 14.2 Å². The summed E-state index contributed by atoms with van der Waals surface area (Å²) in [4.78, 5) is 0. The molecule has 1 aliphatic heterocycles. The monoisotopic (exact) mass is 390 g/mol. The summed E-state index contributed by atoms with van der Waals surface area (Å²) < 4.78 is 17.7. The molecule has 3 aromatic rings. The van der Waals surface area contributed by atoms with E-state index < -0.39 is 11.9 Å². The third kappa shape index (κ3) is 3.98. The summed E-state index contributed by atoms with van der Waals surface area (Å²) in [6, 6.07) is 30.7. The number of methoxy groups -OCH3 is 1. The fourth-order valence-electron chi connectivity index (χ4n) is 4.02. The molecule has 1 N–H and O–H groups in total. The summed E-state index contributed by atoms with van der Waals surface area (Å²) in [6.45, 7) is 0.329. The summed E-state index contributed by atoms with van der Waals surface area (Å²) in [5.41, 5.74) is 2.33. The van der Waals surface area contributed by atoms with Crippen molar-refractivity contribution in [1.82, 2.24) is 0 Å². The van der Waals surface area contributed by atoms with E-state index in [-0.39, 0.29) is 12.2 Å². The van der Waals surface area contributed by atoms with Crippen molar-refractivity contribution in [2.75, 3.05) is 13.7 Å². The molecule has 0 spiro atoms. The van der Waals surface area contributed by atoms with Gasteiger partial charge in [-0.05, 0) is 16.7 Å². The molecule has 150 valence electrons. The standard InChI is InChI=1S/C25H26O4/c1-27-23-17-22(29-24(23)26)18-28-25(19-11-5-2-6-12-19,20-13-7-3-8-14-20)21-15-9-4-10-16-21/h2-16,22-24,26H,17-18H2,1H3/t22-,23+,24-/m0/s1. The van der Waals surface area contributed by atoms with Crippen molar-refractivity contribution in [2.45, 2.75) is 30.5 Å². The first kappa shape index (κ1) is 19.8. The molecule has 3 aromatic carbocycles. The van der Waals surface area contributed by atoms with Crippen molar-refractivity contribution >= 4 is 0 Å². The Labute approximate surface area is 171 Å². The van der Waals surface area contributed by atoms with Crippen LogP contribution in [-0.4, -0.2) is 37.3 Å². The van der Waals surface area contributed by atoms with E-state index in [0.29, 0.717) is 13.0 Å². The van der Waals surface area contributed by atoms with Crippen molar-refractivity contribution < 1.29 is 19.3 Å². The van der Waals surface area contributed by atoms with Gasteiger partial charge < -0.3 is 19.3 Å². The first-order chi connectivity index (χ1) is 14.2. The maximum Gasteiger partial charge on any atom is 0.181 e. The molecular weight excluding hydrogens is 364 g/mol. The van der Waals surface area contributed by atoms with Gasteiger partial charge in [0.05, 0.1) is 12.7 Å². The molecule has 1 saturated heterocycles. The minimum Gasteiger partial charge on any atom is -0.376 e. The van der Waals surface area contributed by atoms with Gasteiger partial charge in [-0.25, -0.2) is 0 Å². The Morgan fingerprint density at radius 3 is 1.66 bits per heavy atom. The Hall–Kier alpha value is -2.50. The SMILES string of the molecule is CO[C@@H]1C[C@@H](COC(c2ccccc2)(c2ccccc2)c2ccccc2)O[C@@H]1O. The lowest BCUT2D eigenvalue weighted by molar-refractivity contribution is -0.149.